The van der Waals surface area contributed by atoms with Gasteiger partial charge in [-0.2, -0.15) is 0 Å². The number of aryl methyl sites for hydroxylation is 1. The number of hydrogen-bond donors (Lipinski definition) is 0. The summed E-state index contributed by atoms with van der Waals surface area (Å²) in [5.74, 6) is -0.503. The molecule has 3 aromatic rings. The second-order valence-corrected chi connectivity index (χ2v) is 9.24. The molecule has 1 aliphatic rings. The summed E-state index contributed by atoms with van der Waals surface area (Å²) in [4.78, 5) is 17.3. The Bertz CT molecular complexity index is 1140. The quantitative estimate of drug-likeness (QED) is 0.404. The van der Waals surface area contributed by atoms with Crippen LogP contribution in [0.1, 0.15) is 22.7 Å². The number of anilines is 1. The first-order chi connectivity index (χ1) is 15.3. The van der Waals surface area contributed by atoms with Crippen LogP contribution in [0, 0.1) is 12.7 Å². The van der Waals surface area contributed by atoms with Gasteiger partial charge >= 0.3 is 0 Å². The van der Waals surface area contributed by atoms with Crippen LogP contribution in [0.4, 0.5) is 10.1 Å². The third-order valence-corrected chi connectivity index (χ3v) is 6.57. The summed E-state index contributed by atoms with van der Waals surface area (Å²) in [6, 6.07) is 18.0. The highest BCUT2D eigenvalue weighted by atomic mass is 35.5. The lowest BCUT2D eigenvalue weighted by Crippen LogP contribution is -2.51. The summed E-state index contributed by atoms with van der Waals surface area (Å²) >= 11 is 18.2. The monoisotopic (exact) mass is 490 g/mol. The van der Waals surface area contributed by atoms with Crippen molar-refractivity contribution in [2.75, 3.05) is 24.5 Å². The Kier molecular flexibility index (Phi) is 6.94. The largest absolute Gasteiger partial charge is 0.361 e. The van der Waals surface area contributed by atoms with E-state index in [1.807, 2.05) is 54.3 Å². The van der Waals surface area contributed by atoms with E-state index < -0.39 is 5.82 Å². The zero-order valence-electron chi connectivity index (χ0n) is 17.5. The van der Waals surface area contributed by atoms with Crippen LogP contribution < -0.4 is 4.90 Å². The SMILES string of the molecule is Cc1cc(Cl)ccc1N1CCN(C(=O)Cc2ccc(F)c(Cl)c2)CC1c1ccc(Cl)cc1. The number of amides is 1. The fourth-order valence-corrected chi connectivity index (χ4v) is 4.70. The van der Waals surface area contributed by atoms with Crippen molar-refractivity contribution >= 4 is 46.4 Å². The lowest BCUT2D eigenvalue weighted by Gasteiger charge is -2.43. The van der Waals surface area contributed by atoms with E-state index in [4.69, 9.17) is 34.8 Å². The number of piperazine rings is 1. The van der Waals surface area contributed by atoms with Gasteiger partial charge in [-0.25, -0.2) is 4.39 Å². The van der Waals surface area contributed by atoms with Crippen molar-refractivity contribution < 1.29 is 9.18 Å². The van der Waals surface area contributed by atoms with Gasteiger partial charge in [0.05, 0.1) is 17.5 Å². The molecule has 1 heterocycles. The van der Waals surface area contributed by atoms with Gasteiger partial charge in [0.15, 0.2) is 0 Å². The predicted octanol–water partition coefficient (Wildman–Crippen LogP) is 6.73. The molecule has 0 bridgehead atoms. The highest BCUT2D eigenvalue weighted by molar-refractivity contribution is 6.31. The average molecular weight is 492 g/mol. The summed E-state index contributed by atoms with van der Waals surface area (Å²) in [5.41, 5.74) is 3.94. The van der Waals surface area contributed by atoms with E-state index in [-0.39, 0.29) is 23.4 Å². The van der Waals surface area contributed by atoms with Crippen LogP contribution in [0.15, 0.2) is 60.7 Å². The van der Waals surface area contributed by atoms with Gasteiger partial charge in [0.2, 0.25) is 5.91 Å². The number of rotatable bonds is 4. The molecule has 0 saturated carbocycles. The molecule has 0 N–H and O–H groups in total. The first kappa shape index (κ1) is 22.9. The minimum Gasteiger partial charge on any atom is -0.361 e. The lowest BCUT2D eigenvalue weighted by molar-refractivity contribution is -0.131. The smallest absolute Gasteiger partial charge is 0.227 e. The molecule has 1 amide bonds. The predicted molar refractivity (Wildman–Crippen MR) is 129 cm³/mol. The van der Waals surface area contributed by atoms with E-state index in [0.717, 1.165) is 16.8 Å². The van der Waals surface area contributed by atoms with Crippen molar-refractivity contribution in [1.29, 1.82) is 0 Å². The van der Waals surface area contributed by atoms with E-state index in [9.17, 15) is 9.18 Å². The Morgan fingerprint density at radius 3 is 2.38 bits per heavy atom. The van der Waals surface area contributed by atoms with Crippen LogP contribution >= 0.6 is 34.8 Å². The first-order valence-corrected chi connectivity index (χ1v) is 11.4. The molecule has 0 aromatic heterocycles. The van der Waals surface area contributed by atoms with E-state index in [1.54, 1.807) is 6.07 Å². The van der Waals surface area contributed by atoms with E-state index in [1.165, 1.54) is 12.1 Å². The fourth-order valence-electron chi connectivity index (χ4n) is 4.15. The molecular weight excluding hydrogens is 470 g/mol. The van der Waals surface area contributed by atoms with Crippen LogP contribution in [0.25, 0.3) is 0 Å². The molecule has 3 nitrogen and oxygen atoms in total. The number of carbonyl (C=O) groups is 1. The molecule has 0 aliphatic carbocycles. The number of benzene rings is 3. The minimum atomic E-state index is -0.488. The van der Waals surface area contributed by atoms with Crippen molar-refractivity contribution in [1.82, 2.24) is 4.90 Å². The third kappa shape index (κ3) is 5.03. The highest BCUT2D eigenvalue weighted by Crippen LogP contribution is 2.34. The maximum absolute atomic E-state index is 13.5. The fraction of sp³-hybridized carbons (Fsp3) is 0.240. The Labute approximate surface area is 202 Å². The molecule has 3 aromatic carbocycles. The summed E-state index contributed by atoms with van der Waals surface area (Å²) in [6.07, 6.45) is 0.174. The van der Waals surface area contributed by atoms with Crippen LogP contribution in [0.2, 0.25) is 15.1 Å². The van der Waals surface area contributed by atoms with Crippen LogP contribution in [0.3, 0.4) is 0 Å². The van der Waals surface area contributed by atoms with Gasteiger partial charge in [-0.1, -0.05) is 53.0 Å². The Balaban J connectivity index is 1.60. The van der Waals surface area contributed by atoms with Crippen LogP contribution in [-0.2, 0) is 11.2 Å². The number of hydrogen-bond acceptors (Lipinski definition) is 2. The van der Waals surface area contributed by atoms with E-state index in [2.05, 4.69) is 4.90 Å². The first-order valence-electron chi connectivity index (χ1n) is 10.3. The van der Waals surface area contributed by atoms with Gasteiger partial charge in [-0.3, -0.25) is 4.79 Å². The van der Waals surface area contributed by atoms with Crippen LogP contribution in [0.5, 0.6) is 0 Å². The van der Waals surface area contributed by atoms with Crippen molar-refractivity contribution in [2.24, 2.45) is 0 Å². The third-order valence-electron chi connectivity index (χ3n) is 5.80. The number of halogens is 4. The summed E-state index contributed by atoms with van der Waals surface area (Å²) in [7, 11) is 0. The van der Waals surface area contributed by atoms with Gasteiger partial charge in [0, 0.05) is 35.4 Å². The Morgan fingerprint density at radius 1 is 0.969 bits per heavy atom. The van der Waals surface area contributed by atoms with E-state index in [0.29, 0.717) is 35.2 Å². The molecule has 0 radical (unpaired) electrons. The Hall–Kier alpha value is -2.27. The van der Waals surface area contributed by atoms with Gasteiger partial charge in [-0.15, -0.1) is 0 Å². The number of carbonyl (C=O) groups excluding carboxylic acids is 1. The molecule has 32 heavy (non-hydrogen) atoms. The Morgan fingerprint density at radius 2 is 1.69 bits per heavy atom. The highest BCUT2D eigenvalue weighted by Gasteiger charge is 2.31. The molecule has 4 rings (SSSR count). The van der Waals surface area contributed by atoms with Gasteiger partial charge < -0.3 is 9.80 Å². The number of nitrogens with zero attached hydrogens (tertiary/aromatic N) is 2. The molecule has 7 heteroatoms. The molecule has 1 saturated heterocycles. The van der Waals surface area contributed by atoms with E-state index >= 15 is 0 Å². The maximum atomic E-state index is 13.5. The van der Waals surface area contributed by atoms with Crippen molar-refractivity contribution in [2.45, 2.75) is 19.4 Å². The molecule has 1 aliphatic heterocycles. The standard InChI is InChI=1S/C25H22Cl3FN2O/c1-16-12-20(27)7-9-23(16)31-11-10-30(15-24(31)18-3-5-19(26)6-4-18)25(32)14-17-2-8-22(29)21(28)13-17/h2-9,12-13,24H,10-11,14-15H2,1H3. The van der Waals surface area contributed by atoms with Crippen molar-refractivity contribution in [3.63, 3.8) is 0 Å². The topological polar surface area (TPSA) is 23.6 Å². The second kappa shape index (κ2) is 9.70. The lowest BCUT2D eigenvalue weighted by atomic mass is 9.99. The molecule has 0 spiro atoms. The summed E-state index contributed by atoms with van der Waals surface area (Å²) in [6.45, 7) is 3.82. The average Bonchev–Trinajstić information content (AvgIpc) is 2.77. The molecule has 1 atom stereocenters. The zero-order valence-corrected chi connectivity index (χ0v) is 19.8. The van der Waals surface area contributed by atoms with Gasteiger partial charge in [0.1, 0.15) is 5.82 Å². The van der Waals surface area contributed by atoms with Gasteiger partial charge in [0.25, 0.3) is 0 Å². The zero-order chi connectivity index (χ0) is 22.8. The summed E-state index contributed by atoms with van der Waals surface area (Å²) in [5, 5.41) is 1.39. The van der Waals surface area contributed by atoms with Crippen LogP contribution in [-0.4, -0.2) is 30.4 Å². The second-order valence-electron chi connectivity index (χ2n) is 7.96. The van der Waals surface area contributed by atoms with Crippen molar-refractivity contribution in [3.8, 4) is 0 Å². The van der Waals surface area contributed by atoms with Gasteiger partial charge in [-0.05, 0) is 66.1 Å². The summed E-state index contributed by atoms with van der Waals surface area (Å²) < 4.78 is 13.5. The maximum Gasteiger partial charge on any atom is 0.227 e. The molecule has 1 fully saturated rings. The minimum absolute atomic E-state index is 0.0147. The normalized spacial score (nSPS) is 16.3. The molecule has 1 unspecified atom stereocenters. The molecular formula is C25H22Cl3FN2O. The molecule has 166 valence electrons. The van der Waals surface area contributed by atoms with Crippen molar-refractivity contribution in [3.05, 3.63) is 98.2 Å².